The van der Waals surface area contributed by atoms with E-state index < -0.39 is 21.0 Å². The molecule has 0 unspecified atom stereocenters. The Morgan fingerprint density at radius 2 is 1.55 bits per heavy atom. The van der Waals surface area contributed by atoms with Crippen molar-refractivity contribution < 1.29 is 13.2 Å². The number of carbonyl (C=O) groups excluding carboxylic acids is 1. The number of sulfone groups is 1. The van der Waals surface area contributed by atoms with E-state index in [0.29, 0.717) is 5.57 Å². The van der Waals surface area contributed by atoms with Gasteiger partial charge in [0, 0.05) is 6.04 Å². The summed E-state index contributed by atoms with van der Waals surface area (Å²) in [6, 6.07) is 6.47. The van der Waals surface area contributed by atoms with Crippen molar-refractivity contribution in [3.8, 4) is 0 Å². The molecule has 0 fully saturated rings. The number of amides is 1. The highest BCUT2D eigenvalue weighted by atomic mass is 32.2. The van der Waals surface area contributed by atoms with Gasteiger partial charge in [-0.2, -0.15) is 0 Å². The molecule has 1 aliphatic heterocycles. The molecule has 1 aromatic rings. The van der Waals surface area contributed by atoms with E-state index in [4.69, 9.17) is 0 Å². The van der Waals surface area contributed by atoms with Gasteiger partial charge in [-0.3, -0.25) is 4.79 Å². The number of carbonyl (C=O) groups is 1. The van der Waals surface area contributed by atoms with E-state index in [9.17, 15) is 13.2 Å². The molecule has 1 N–H and O–H groups in total. The lowest BCUT2D eigenvalue weighted by molar-refractivity contribution is -0.120. The van der Waals surface area contributed by atoms with Crippen LogP contribution in [0.4, 0.5) is 0 Å². The first-order valence-corrected chi connectivity index (χ1v) is 8.08. The molecule has 20 heavy (non-hydrogen) atoms. The quantitative estimate of drug-likeness (QED) is 0.848. The molecule has 5 heteroatoms. The maximum absolute atomic E-state index is 12.7. The third-order valence-electron chi connectivity index (χ3n) is 3.92. The summed E-state index contributed by atoms with van der Waals surface area (Å²) < 4.78 is 25.4. The average Bonchev–Trinajstić information content (AvgIpc) is 2.36. The van der Waals surface area contributed by atoms with Crippen LogP contribution in [-0.4, -0.2) is 25.6 Å². The minimum absolute atomic E-state index is 0.119. The van der Waals surface area contributed by atoms with E-state index in [0.717, 1.165) is 11.1 Å². The lowest BCUT2D eigenvalue weighted by atomic mass is 9.97. The smallest absolute Gasteiger partial charge is 0.243 e. The minimum Gasteiger partial charge on any atom is -0.348 e. The summed E-state index contributed by atoms with van der Waals surface area (Å²) in [6.07, 6.45) is 0. The number of hydrogen-bond donors (Lipinski definition) is 1. The molecule has 4 nitrogen and oxygen atoms in total. The summed E-state index contributed by atoms with van der Waals surface area (Å²) in [5, 5.41) is 1.60. The van der Waals surface area contributed by atoms with Gasteiger partial charge >= 0.3 is 0 Å². The lowest BCUT2D eigenvalue weighted by Crippen LogP contribution is -2.49. The molecule has 0 bridgehead atoms. The Balaban J connectivity index is 2.54. The fraction of sp³-hybridized carbons (Fsp3) is 0.400. The largest absolute Gasteiger partial charge is 0.348 e. The first-order chi connectivity index (χ1) is 9.25. The summed E-state index contributed by atoms with van der Waals surface area (Å²) >= 11 is 0. The van der Waals surface area contributed by atoms with Crippen LogP contribution in [0.1, 0.15) is 26.3 Å². The first-order valence-electron chi connectivity index (χ1n) is 6.53. The van der Waals surface area contributed by atoms with E-state index in [2.05, 4.69) is 5.32 Å². The lowest BCUT2D eigenvalue weighted by Gasteiger charge is -2.29. The third-order valence-corrected chi connectivity index (χ3v) is 6.04. The van der Waals surface area contributed by atoms with Crippen LogP contribution in [0.2, 0.25) is 0 Å². The van der Waals surface area contributed by atoms with Crippen LogP contribution in [-0.2, 0) is 14.6 Å². The van der Waals surface area contributed by atoms with Crippen molar-refractivity contribution in [1.82, 2.24) is 5.32 Å². The second-order valence-electron chi connectivity index (χ2n) is 5.33. The van der Waals surface area contributed by atoms with E-state index in [1.54, 1.807) is 31.2 Å². The summed E-state index contributed by atoms with van der Waals surface area (Å²) in [7, 11) is -3.70. The van der Waals surface area contributed by atoms with E-state index in [-0.39, 0.29) is 10.9 Å². The molecule has 1 heterocycles. The van der Waals surface area contributed by atoms with Gasteiger partial charge in [0.05, 0.1) is 4.90 Å². The number of benzene rings is 1. The minimum atomic E-state index is -3.70. The SMILES string of the molecule is CC1=C(C)[C@@H](C)NC(=O)[C@H]1S(=O)(=O)c1ccc(C)cc1. The maximum Gasteiger partial charge on any atom is 0.243 e. The van der Waals surface area contributed by atoms with Gasteiger partial charge in [-0.25, -0.2) is 8.42 Å². The summed E-state index contributed by atoms with van der Waals surface area (Å²) in [4.78, 5) is 12.3. The van der Waals surface area contributed by atoms with Crippen LogP contribution in [0.25, 0.3) is 0 Å². The molecule has 0 saturated carbocycles. The monoisotopic (exact) mass is 293 g/mol. The molecule has 108 valence electrons. The van der Waals surface area contributed by atoms with Crippen molar-refractivity contribution in [3.05, 3.63) is 41.0 Å². The molecule has 0 spiro atoms. The molecule has 0 aromatic heterocycles. The van der Waals surface area contributed by atoms with Gasteiger partial charge < -0.3 is 5.32 Å². The van der Waals surface area contributed by atoms with Crippen LogP contribution in [0.5, 0.6) is 0 Å². The topological polar surface area (TPSA) is 63.2 Å². The Kier molecular flexibility index (Phi) is 3.73. The van der Waals surface area contributed by atoms with E-state index in [1.807, 2.05) is 20.8 Å². The second-order valence-corrected chi connectivity index (χ2v) is 7.37. The molecule has 1 aliphatic rings. The van der Waals surface area contributed by atoms with Gasteiger partial charge in [-0.1, -0.05) is 23.3 Å². The summed E-state index contributed by atoms with van der Waals surface area (Å²) in [5.74, 6) is -0.443. The van der Waals surface area contributed by atoms with Gasteiger partial charge in [-0.15, -0.1) is 0 Å². The van der Waals surface area contributed by atoms with Crippen LogP contribution in [0, 0.1) is 6.92 Å². The fourth-order valence-corrected chi connectivity index (χ4v) is 4.17. The Morgan fingerprint density at radius 1 is 1.00 bits per heavy atom. The Bertz CT molecular complexity index is 672. The van der Waals surface area contributed by atoms with Gasteiger partial charge in [0.25, 0.3) is 0 Å². The molecule has 1 amide bonds. The number of hydrogen-bond acceptors (Lipinski definition) is 3. The Labute approximate surface area is 119 Å². The maximum atomic E-state index is 12.7. The first kappa shape index (κ1) is 14.8. The van der Waals surface area contributed by atoms with Crippen LogP contribution in [0.15, 0.2) is 40.3 Å². The van der Waals surface area contributed by atoms with Crippen LogP contribution in [0.3, 0.4) is 0 Å². The van der Waals surface area contributed by atoms with Crippen molar-refractivity contribution in [2.45, 2.75) is 43.9 Å². The fourth-order valence-electron chi connectivity index (χ4n) is 2.38. The summed E-state index contributed by atoms with van der Waals surface area (Å²) in [6.45, 7) is 7.32. The van der Waals surface area contributed by atoms with Crippen molar-refractivity contribution in [2.75, 3.05) is 0 Å². The van der Waals surface area contributed by atoms with Crippen molar-refractivity contribution in [2.24, 2.45) is 0 Å². The van der Waals surface area contributed by atoms with Crippen LogP contribution >= 0.6 is 0 Å². The Hall–Kier alpha value is -1.62. The molecule has 1 aromatic carbocycles. The molecule has 0 saturated heterocycles. The van der Waals surface area contributed by atoms with Gasteiger partial charge in [0.1, 0.15) is 0 Å². The zero-order chi connectivity index (χ0) is 15.1. The van der Waals surface area contributed by atoms with Crippen molar-refractivity contribution in [1.29, 1.82) is 0 Å². The second kappa shape index (κ2) is 5.05. The molecular formula is C15H19NO3S. The molecule has 2 atom stereocenters. The van der Waals surface area contributed by atoms with Gasteiger partial charge in [0.15, 0.2) is 15.1 Å². The number of rotatable bonds is 2. The zero-order valence-corrected chi connectivity index (χ0v) is 12.9. The van der Waals surface area contributed by atoms with Crippen molar-refractivity contribution in [3.63, 3.8) is 0 Å². The molecule has 2 rings (SSSR count). The third kappa shape index (κ3) is 2.38. The van der Waals surface area contributed by atoms with Gasteiger partial charge in [0.2, 0.25) is 5.91 Å². The highest BCUT2D eigenvalue weighted by Crippen LogP contribution is 2.28. The van der Waals surface area contributed by atoms with Crippen LogP contribution < -0.4 is 5.32 Å². The normalized spacial score (nSPS) is 23.7. The average molecular weight is 293 g/mol. The van der Waals surface area contributed by atoms with Crippen molar-refractivity contribution >= 4 is 15.7 Å². The molecule has 0 aliphatic carbocycles. The van der Waals surface area contributed by atoms with E-state index >= 15 is 0 Å². The molecular weight excluding hydrogens is 274 g/mol. The van der Waals surface area contributed by atoms with Gasteiger partial charge in [-0.05, 0) is 45.4 Å². The number of aryl methyl sites for hydroxylation is 1. The molecule has 0 radical (unpaired) electrons. The zero-order valence-electron chi connectivity index (χ0n) is 12.1. The highest BCUT2D eigenvalue weighted by molar-refractivity contribution is 7.93. The predicted octanol–water partition coefficient (Wildman–Crippen LogP) is 1.99. The number of nitrogens with one attached hydrogen (secondary N) is 1. The standard InChI is InChI=1S/C15H19NO3S/c1-9-5-7-13(8-6-9)20(18,19)14-11(3)10(2)12(4)16-15(14)17/h5-8,12,14H,1-4H3,(H,16,17)/t12-,14+/m1/s1. The highest BCUT2D eigenvalue weighted by Gasteiger charge is 2.40. The predicted molar refractivity (Wildman–Crippen MR) is 78.1 cm³/mol. The summed E-state index contributed by atoms with van der Waals surface area (Å²) in [5.41, 5.74) is 2.52. The van der Waals surface area contributed by atoms with E-state index in [1.165, 1.54) is 0 Å². The Morgan fingerprint density at radius 3 is 2.10 bits per heavy atom.